The molecule has 0 radical (unpaired) electrons. The van der Waals surface area contributed by atoms with Crippen LogP contribution in [-0.4, -0.2) is 16.6 Å². The second kappa shape index (κ2) is 7.33. The summed E-state index contributed by atoms with van der Waals surface area (Å²) < 4.78 is 2.01. The fraction of sp³-hybridized carbons (Fsp3) is 0.125. The molecule has 0 bridgehead atoms. The van der Waals surface area contributed by atoms with E-state index in [2.05, 4.69) is 31.8 Å². The topological polar surface area (TPSA) is 54.0 Å². The van der Waals surface area contributed by atoms with Gasteiger partial charge in [0.15, 0.2) is 0 Å². The third-order valence-electron chi connectivity index (χ3n) is 3.07. The number of hydrogen-bond donors (Lipinski definition) is 2. The highest BCUT2D eigenvalue weighted by Crippen LogP contribution is 2.30. The molecular formula is C16H14BrN3OS2. The number of thioether (sulfide) groups is 1. The lowest BCUT2D eigenvalue weighted by Gasteiger charge is -2.05. The number of anilines is 1. The van der Waals surface area contributed by atoms with Crippen LogP contribution in [0.25, 0.3) is 10.2 Å². The minimum Gasteiger partial charge on any atom is -0.273 e. The number of amides is 1. The number of benzene rings is 2. The molecule has 0 unspecified atom stereocenters. The maximum Gasteiger partial charge on any atom is 0.248 e. The number of para-hydroxylation sites is 1. The van der Waals surface area contributed by atoms with Crippen LogP contribution in [0.3, 0.4) is 0 Å². The maximum atomic E-state index is 11.9. The highest BCUT2D eigenvalue weighted by molar-refractivity contribution is 9.10. The Bertz CT molecular complexity index is 833. The Morgan fingerprint density at radius 3 is 2.78 bits per heavy atom. The molecule has 0 aliphatic rings. The maximum absolute atomic E-state index is 11.9. The molecule has 0 fully saturated rings. The Morgan fingerprint density at radius 2 is 2.04 bits per heavy atom. The van der Waals surface area contributed by atoms with Crippen LogP contribution in [0.5, 0.6) is 0 Å². The first-order valence-electron chi connectivity index (χ1n) is 6.91. The van der Waals surface area contributed by atoms with Crippen molar-refractivity contribution < 1.29 is 4.79 Å². The van der Waals surface area contributed by atoms with Crippen LogP contribution in [0.15, 0.2) is 51.8 Å². The quantitative estimate of drug-likeness (QED) is 0.479. The molecule has 0 saturated carbocycles. The number of aryl methyl sites for hydroxylation is 1. The van der Waals surface area contributed by atoms with Gasteiger partial charge in [0.05, 0.1) is 16.0 Å². The first-order valence-corrected chi connectivity index (χ1v) is 9.51. The number of carbonyl (C=O) groups excluding carboxylic acids is 1. The summed E-state index contributed by atoms with van der Waals surface area (Å²) in [5.41, 5.74) is 7.67. The van der Waals surface area contributed by atoms with E-state index in [1.165, 1.54) is 28.7 Å². The molecule has 1 heterocycles. The van der Waals surface area contributed by atoms with Crippen molar-refractivity contribution >= 4 is 60.3 Å². The van der Waals surface area contributed by atoms with Crippen molar-refractivity contribution in [1.29, 1.82) is 0 Å². The molecule has 0 aliphatic heterocycles. The Morgan fingerprint density at radius 1 is 1.26 bits per heavy atom. The normalized spacial score (nSPS) is 10.7. The minimum absolute atomic E-state index is 0.0890. The number of aromatic nitrogens is 1. The summed E-state index contributed by atoms with van der Waals surface area (Å²) in [4.78, 5) is 17.4. The first kappa shape index (κ1) is 16.3. The van der Waals surface area contributed by atoms with E-state index in [4.69, 9.17) is 0 Å². The number of rotatable bonds is 5. The molecule has 118 valence electrons. The van der Waals surface area contributed by atoms with Crippen molar-refractivity contribution in [3.63, 3.8) is 0 Å². The van der Waals surface area contributed by atoms with Gasteiger partial charge in [0.25, 0.3) is 0 Å². The van der Waals surface area contributed by atoms with E-state index in [-0.39, 0.29) is 5.91 Å². The number of nitrogens with one attached hydrogen (secondary N) is 2. The Kier molecular flexibility index (Phi) is 5.20. The van der Waals surface area contributed by atoms with E-state index in [0.29, 0.717) is 10.9 Å². The van der Waals surface area contributed by atoms with Crippen molar-refractivity contribution in [2.75, 3.05) is 11.2 Å². The van der Waals surface area contributed by atoms with E-state index in [1.807, 2.05) is 49.4 Å². The standard InChI is InChI=1S/C16H14BrN3OS2/c1-10-5-7-11(8-6-10)22-9-14(21)19-20-16-18-15-12(17)3-2-4-13(15)23-16/h2-8H,9H2,1H3,(H,18,20)(H,19,21). The molecule has 2 N–H and O–H groups in total. The molecule has 0 spiro atoms. The van der Waals surface area contributed by atoms with E-state index in [0.717, 1.165) is 19.6 Å². The van der Waals surface area contributed by atoms with Crippen LogP contribution in [-0.2, 0) is 4.79 Å². The summed E-state index contributed by atoms with van der Waals surface area (Å²) in [7, 11) is 0. The van der Waals surface area contributed by atoms with Gasteiger partial charge in [0.2, 0.25) is 11.0 Å². The van der Waals surface area contributed by atoms with Crippen molar-refractivity contribution in [1.82, 2.24) is 10.4 Å². The van der Waals surface area contributed by atoms with Crippen LogP contribution in [0.2, 0.25) is 0 Å². The summed E-state index contributed by atoms with van der Waals surface area (Å²) in [6, 6.07) is 14.0. The molecule has 0 aliphatic carbocycles. The zero-order valence-electron chi connectivity index (χ0n) is 12.3. The van der Waals surface area contributed by atoms with Gasteiger partial charge in [-0.1, -0.05) is 35.1 Å². The molecule has 0 saturated heterocycles. The molecule has 4 nitrogen and oxygen atoms in total. The fourth-order valence-corrected chi connectivity index (χ4v) is 4.04. The van der Waals surface area contributed by atoms with E-state index < -0.39 is 0 Å². The van der Waals surface area contributed by atoms with Gasteiger partial charge in [0, 0.05) is 9.37 Å². The number of carbonyl (C=O) groups is 1. The zero-order valence-corrected chi connectivity index (χ0v) is 15.5. The third kappa shape index (κ3) is 4.25. The largest absolute Gasteiger partial charge is 0.273 e. The third-order valence-corrected chi connectivity index (χ3v) is 5.66. The molecule has 0 atom stereocenters. The van der Waals surface area contributed by atoms with E-state index >= 15 is 0 Å². The van der Waals surface area contributed by atoms with Gasteiger partial charge in [-0.25, -0.2) is 4.98 Å². The smallest absolute Gasteiger partial charge is 0.248 e. The fourth-order valence-electron chi connectivity index (χ4n) is 1.91. The highest BCUT2D eigenvalue weighted by Gasteiger charge is 2.08. The van der Waals surface area contributed by atoms with Crippen molar-refractivity contribution in [3.8, 4) is 0 Å². The van der Waals surface area contributed by atoms with Gasteiger partial charge in [-0.3, -0.25) is 15.6 Å². The highest BCUT2D eigenvalue weighted by atomic mass is 79.9. The van der Waals surface area contributed by atoms with Gasteiger partial charge >= 0.3 is 0 Å². The summed E-state index contributed by atoms with van der Waals surface area (Å²) >= 11 is 6.47. The number of hydrazine groups is 1. The molecule has 2 aromatic carbocycles. The number of nitrogens with zero attached hydrogens (tertiary/aromatic N) is 1. The van der Waals surface area contributed by atoms with E-state index in [1.54, 1.807) is 0 Å². The van der Waals surface area contributed by atoms with Crippen LogP contribution < -0.4 is 10.9 Å². The average molecular weight is 408 g/mol. The predicted octanol–water partition coefficient (Wildman–Crippen LogP) is 4.60. The molecule has 7 heteroatoms. The monoisotopic (exact) mass is 407 g/mol. The average Bonchev–Trinajstić information content (AvgIpc) is 2.97. The Balaban J connectivity index is 1.53. The van der Waals surface area contributed by atoms with Crippen LogP contribution in [0, 0.1) is 6.92 Å². The van der Waals surface area contributed by atoms with E-state index in [9.17, 15) is 4.79 Å². The summed E-state index contributed by atoms with van der Waals surface area (Å²) in [5, 5.41) is 0.667. The van der Waals surface area contributed by atoms with Gasteiger partial charge in [-0.2, -0.15) is 0 Å². The number of halogens is 1. The summed E-state index contributed by atoms with van der Waals surface area (Å²) in [6.07, 6.45) is 0. The predicted molar refractivity (Wildman–Crippen MR) is 101 cm³/mol. The van der Waals surface area contributed by atoms with Crippen LogP contribution in [0.1, 0.15) is 5.56 Å². The van der Waals surface area contributed by atoms with Gasteiger partial charge in [-0.15, -0.1) is 11.8 Å². The van der Waals surface area contributed by atoms with Crippen molar-refractivity contribution in [3.05, 3.63) is 52.5 Å². The molecule has 23 heavy (non-hydrogen) atoms. The van der Waals surface area contributed by atoms with Gasteiger partial charge < -0.3 is 0 Å². The SMILES string of the molecule is Cc1ccc(SCC(=O)NNc2nc3c(Br)cccc3s2)cc1. The summed E-state index contributed by atoms with van der Waals surface area (Å²) in [6.45, 7) is 2.04. The van der Waals surface area contributed by atoms with Crippen molar-refractivity contribution in [2.45, 2.75) is 11.8 Å². The first-order chi connectivity index (χ1) is 11.1. The number of thiazole rings is 1. The van der Waals surface area contributed by atoms with Crippen molar-refractivity contribution in [2.24, 2.45) is 0 Å². The lowest BCUT2D eigenvalue weighted by molar-refractivity contribution is -0.118. The molecule has 1 aromatic heterocycles. The lowest BCUT2D eigenvalue weighted by Crippen LogP contribution is -2.30. The second-order valence-electron chi connectivity index (χ2n) is 4.88. The van der Waals surface area contributed by atoms with Crippen LogP contribution in [0.4, 0.5) is 5.13 Å². The minimum atomic E-state index is -0.0890. The second-order valence-corrected chi connectivity index (χ2v) is 7.81. The molecule has 1 amide bonds. The molecule has 3 rings (SSSR count). The van der Waals surface area contributed by atoms with Gasteiger partial charge in [-0.05, 0) is 47.1 Å². The molecular weight excluding hydrogens is 394 g/mol. The van der Waals surface area contributed by atoms with Gasteiger partial charge in [0.1, 0.15) is 0 Å². The van der Waals surface area contributed by atoms with Crippen LogP contribution >= 0.6 is 39.0 Å². The molecule has 3 aromatic rings. The zero-order chi connectivity index (χ0) is 16.2. The lowest BCUT2D eigenvalue weighted by atomic mass is 10.2. The number of fused-ring (bicyclic) bond motifs is 1. The number of hydrogen-bond acceptors (Lipinski definition) is 5. The summed E-state index contributed by atoms with van der Waals surface area (Å²) in [5.74, 6) is 0.263. The Labute approximate surface area is 150 Å². The Hall–Kier alpha value is -1.57.